The fourth-order valence-electron chi connectivity index (χ4n) is 2.66. The van der Waals surface area contributed by atoms with Gasteiger partial charge in [0.05, 0.1) is 17.4 Å². The van der Waals surface area contributed by atoms with Crippen LogP contribution in [-0.2, 0) is 5.75 Å². The van der Waals surface area contributed by atoms with Crippen molar-refractivity contribution >= 4 is 35.0 Å². The molecule has 0 amide bonds. The molecule has 7 heteroatoms. The fourth-order valence-corrected chi connectivity index (χ4v) is 3.67. The Hall–Kier alpha value is -2.91. The molecule has 140 valence electrons. The number of anilines is 1. The summed E-state index contributed by atoms with van der Waals surface area (Å²) < 4.78 is 1.80. The maximum absolute atomic E-state index is 9.80. The summed E-state index contributed by atoms with van der Waals surface area (Å²) in [6.07, 6.45) is 0.793. The molecule has 0 fully saturated rings. The molecule has 0 aliphatic heterocycles. The van der Waals surface area contributed by atoms with Crippen LogP contribution in [0.25, 0.3) is 5.69 Å². The molecule has 28 heavy (non-hydrogen) atoms. The number of nitriles is 1. The normalized spacial score (nSPS) is 10.1. The van der Waals surface area contributed by atoms with Gasteiger partial charge in [-0.2, -0.15) is 10.4 Å². The highest BCUT2D eigenvalue weighted by molar-refractivity contribution is 7.98. The van der Waals surface area contributed by atoms with Gasteiger partial charge in [-0.05, 0) is 36.3 Å². The molecule has 0 aliphatic rings. The van der Waals surface area contributed by atoms with E-state index in [-0.39, 0.29) is 0 Å². The Morgan fingerprint density at radius 2 is 1.82 bits per heavy atom. The molecule has 1 N–H and O–H groups in total. The van der Waals surface area contributed by atoms with Gasteiger partial charge in [-0.25, -0.2) is 9.67 Å². The Bertz CT molecular complexity index is 987. The Morgan fingerprint density at radius 3 is 2.50 bits per heavy atom. The van der Waals surface area contributed by atoms with Crippen LogP contribution in [0, 0.1) is 11.3 Å². The third-order valence-electron chi connectivity index (χ3n) is 3.99. The lowest BCUT2D eigenvalue weighted by Gasteiger charge is -2.09. The molecule has 3 rings (SSSR count). The van der Waals surface area contributed by atoms with Crippen LogP contribution in [-0.4, -0.2) is 28.0 Å². The molecule has 0 aliphatic carbocycles. The lowest BCUT2D eigenvalue weighted by Crippen LogP contribution is -2.09. The van der Waals surface area contributed by atoms with Crippen molar-refractivity contribution in [1.82, 2.24) is 9.78 Å². The lowest BCUT2D eigenvalue weighted by molar-refractivity contribution is 0.820. The number of nitrogens with one attached hydrogen (secondary N) is 1. The molecule has 0 saturated heterocycles. The average molecular weight is 406 g/mol. The van der Waals surface area contributed by atoms with E-state index in [1.54, 1.807) is 16.4 Å². The maximum atomic E-state index is 9.80. The van der Waals surface area contributed by atoms with E-state index in [9.17, 15) is 5.26 Å². The first-order valence-electron chi connectivity index (χ1n) is 8.86. The molecule has 5 nitrogen and oxygen atoms in total. The highest BCUT2D eigenvalue weighted by atomic mass is 32.2. The second kappa shape index (κ2) is 10.4. The van der Waals surface area contributed by atoms with Crippen LogP contribution in [0.5, 0.6) is 0 Å². The van der Waals surface area contributed by atoms with E-state index in [0.717, 1.165) is 22.9 Å². The molecular formula is C21H19N5S2. The number of nitrogens with zero attached hydrogens (tertiary/aromatic N) is 4. The van der Waals surface area contributed by atoms with Gasteiger partial charge in [0.1, 0.15) is 22.5 Å². The van der Waals surface area contributed by atoms with Crippen molar-refractivity contribution in [3.8, 4) is 11.8 Å². The largest absolute Gasteiger partial charge is 0.369 e. The highest BCUT2D eigenvalue weighted by Gasteiger charge is 2.19. The number of aliphatic imine (C=N–C) groups is 1. The van der Waals surface area contributed by atoms with Crippen molar-refractivity contribution in [2.24, 2.45) is 4.99 Å². The van der Waals surface area contributed by atoms with Gasteiger partial charge in [0.25, 0.3) is 0 Å². The van der Waals surface area contributed by atoms with Gasteiger partial charge >= 0.3 is 0 Å². The number of hydrogen-bond acceptors (Lipinski definition) is 6. The van der Waals surface area contributed by atoms with Crippen LogP contribution in [0.15, 0.2) is 70.7 Å². The van der Waals surface area contributed by atoms with Crippen LogP contribution in [0.2, 0.25) is 0 Å². The summed E-state index contributed by atoms with van der Waals surface area (Å²) in [7, 11) is 0. The van der Waals surface area contributed by atoms with Gasteiger partial charge in [-0.3, -0.25) is 0 Å². The molecule has 1 heterocycles. The summed E-state index contributed by atoms with van der Waals surface area (Å²) >= 11 is 6.16. The van der Waals surface area contributed by atoms with Crippen molar-refractivity contribution in [1.29, 1.82) is 5.26 Å². The van der Waals surface area contributed by atoms with Crippen molar-refractivity contribution in [3.63, 3.8) is 0 Å². The van der Waals surface area contributed by atoms with E-state index in [1.165, 1.54) is 5.56 Å². The third kappa shape index (κ3) is 5.08. The van der Waals surface area contributed by atoms with Gasteiger partial charge in [-0.1, -0.05) is 60.3 Å². The average Bonchev–Trinajstić information content (AvgIpc) is 3.11. The zero-order chi connectivity index (χ0) is 19.6. The first-order valence-corrected chi connectivity index (χ1v) is 10.3. The number of isothiocyanates is 1. The number of aromatic nitrogens is 2. The molecule has 0 atom stereocenters. The number of thiocarbonyl (C=S) groups is 1. The van der Waals surface area contributed by atoms with Crippen LogP contribution in [0.3, 0.4) is 0 Å². The number of thioether (sulfide) groups is 1. The summed E-state index contributed by atoms with van der Waals surface area (Å²) in [6.45, 7) is 1.27. The number of benzene rings is 2. The first kappa shape index (κ1) is 19.8. The van der Waals surface area contributed by atoms with Crippen LogP contribution < -0.4 is 5.32 Å². The van der Waals surface area contributed by atoms with Gasteiger partial charge in [0, 0.05) is 12.3 Å². The Labute approximate surface area is 174 Å². The number of rotatable bonds is 9. The van der Waals surface area contributed by atoms with E-state index < -0.39 is 0 Å². The zero-order valence-corrected chi connectivity index (χ0v) is 16.8. The molecular weight excluding hydrogens is 386 g/mol. The van der Waals surface area contributed by atoms with E-state index in [0.29, 0.717) is 24.5 Å². The molecule has 3 aromatic rings. The molecule has 0 radical (unpaired) electrons. The second-order valence-electron chi connectivity index (χ2n) is 5.92. The van der Waals surface area contributed by atoms with Gasteiger partial charge in [0.15, 0.2) is 0 Å². The van der Waals surface area contributed by atoms with Gasteiger partial charge in [-0.15, -0.1) is 0 Å². The highest BCUT2D eigenvalue weighted by Crippen LogP contribution is 2.31. The maximum Gasteiger partial charge on any atom is 0.149 e. The van der Waals surface area contributed by atoms with E-state index in [1.807, 2.05) is 48.5 Å². The summed E-state index contributed by atoms with van der Waals surface area (Å²) in [5, 5.41) is 21.0. The smallest absolute Gasteiger partial charge is 0.149 e. The van der Waals surface area contributed by atoms with Crippen molar-refractivity contribution in [3.05, 3.63) is 71.8 Å². The molecule has 0 bridgehead atoms. The summed E-state index contributed by atoms with van der Waals surface area (Å²) in [6, 6.07) is 22.3. The lowest BCUT2D eigenvalue weighted by atomic mass is 10.2. The van der Waals surface area contributed by atoms with Crippen LogP contribution >= 0.6 is 24.0 Å². The quantitative estimate of drug-likeness (QED) is 0.236. The van der Waals surface area contributed by atoms with E-state index in [4.69, 9.17) is 5.10 Å². The monoisotopic (exact) mass is 405 g/mol. The molecule has 1 aromatic heterocycles. The van der Waals surface area contributed by atoms with Gasteiger partial charge in [0.2, 0.25) is 0 Å². The SMILES string of the molecule is N#Cc1c(SCc2ccccc2)nn(-c2ccccc2)c1NCCCN=C=S. The van der Waals surface area contributed by atoms with E-state index >= 15 is 0 Å². The minimum absolute atomic E-state index is 0.558. The minimum Gasteiger partial charge on any atom is -0.369 e. The minimum atomic E-state index is 0.558. The number of hydrogen-bond donors (Lipinski definition) is 1. The third-order valence-corrected chi connectivity index (χ3v) is 5.15. The predicted octanol–water partition coefficient (Wildman–Crippen LogP) is 4.94. The molecule has 0 unspecified atom stereocenters. The van der Waals surface area contributed by atoms with Crippen LogP contribution in [0.4, 0.5) is 5.82 Å². The first-order chi connectivity index (χ1) is 13.8. The molecule has 0 saturated carbocycles. The molecule has 0 spiro atoms. The fraction of sp³-hybridized carbons (Fsp3) is 0.190. The van der Waals surface area contributed by atoms with Gasteiger partial charge < -0.3 is 5.32 Å². The van der Waals surface area contributed by atoms with Crippen molar-refractivity contribution in [2.45, 2.75) is 17.2 Å². The topological polar surface area (TPSA) is 66.0 Å². The summed E-state index contributed by atoms with van der Waals surface area (Å²) in [5.41, 5.74) is 2.66. The van der Waals surface area contributed by atoms with Crippen LogP contribution in [0.1, 0.15) is 17.5 Å². The summed E-state index contributed by atoms with van der Waals surface area (Å²) in [4.78, 5) is 3.93. The van der Waals surface area contributed by atoms with Crippen molar-refractivity contribution in [2.75, 3.05) is 18.4 Å². The zero-order valence-electron chi connectivity index (χ0n) is 15.2. The Kier molecular flexibility index (Phi) is 7.39. The second-order valence-corrected chi connectivity index (χ2v) is 7.06. The number of para-hydroxylation sites is 1. The van der Waals surface area contributed by atoms with Crippen molar-refractivity contribution < 1.29 is 0 Å². The predicted molar refractivity (Wildman–Crippen MR) is 117 cm³/mol. The molecule has 2 aromatic carbocycles. The Balaban J connectivity index is 1.87. The standard InChI is InChI=1S/C21H19N5S2/c22-14-19-20(24-13-7-12-23-16-27)26(18-10-5-2-6-11-18)25-21(19)28-15-17-8-3-1-4-9-17/h1-6,8-11,24H,7,12-13,15H2. The van der Waals surface area contributed by atoms with E-state index in [2.05, 4.69) is 45.9 Å². The summed E-state index contributed by atoms with van der Waals surface area (Å²) in [5.74, 6) is 1.46. The Morgan fingerprint density at radius 1 is 1.11 bits per heavy atom.